The maximum atomic E-state index is 5.33. The first-order chi connectivity index (χ1) is 4.79. The number of nitrogens with one attached hydrogen (secondary N) is 1. The maximum absolute atomic E-state index is 5.33. The third-order valence-corrected chi connectivity index (χ3v) is 2.84. The molecule has 0 radical (unpaired) electrons. The summed E-state index contributed by atoms with van der Waals surface area (Å²) in [5, 5.41) is 3.51. The zero-order valence-corrected chi connectivity index (χ0v) is 7.43. The van der Waals surface area contributed by atoms with Crippen molar-refractivity contribution in [3.63, 3.8) is 0 Å². The first-order valence-electron chi connectivity index (χ1n) is 3.43. The summed E-state index contributed by atoms with van der Waals surface area (Å²) in [6, 6.07) is 0.524. The Balaban J connectivity index is 2.19. The fourth-order valence-corrected chi connectivity index (χ4v) is 2.29. The van der Waals surface area contributed by atoms with E-state index in [1.54, 1.807) is 0 Å². The Morgan fingerprint density at radius 3 is 3.00 bits per heavy atom. The quantitative estimate of drug-likeness (QED) is 0.577. The SMILES string of the molecule is NC(=S)NC1CCCSC1. The van der Waals surface area contributed by atoms with Gasteiger partial charge in [-0.1, -0.05) is 0 Å². The largest absolute Gasteiger partial charge is 0.376 e. The summed E-state index contributed by atoms with van der Waals surface area (Å²) >= 11 is 6.70. The first-order valence-corrected chi connectivity index (χ1v) is 4.99. The van der Waals surface area contributed by atoms with Crippen molar-refractivity contribution < 1.29 is 0 Å². The van der Waals surface area contributed by atoms with E-state index in [9.17, 15) is 0 Å². The Morgan fingerprint density at radius 1 is 1.70 bits per heavy atom. The van der Waals surface area contributed by atoms with Gasteiger partial charge >= 0.3 is 0 Å². The van der Waals surface area contributed by atoms with Crippen molar-refractivity contribution >= 4 is 29.1 Å². The van der Waals surface area contributed by atoms with E-state index in [1.807, 2.05) is 11.8 Å². The second-order valence-electron chi connectivity index (χ2n) is 2.42. The first kappa shape index (κ1) is 8.14. The lowest BCUT2D eigenvalue weighted by Crippen LogP contribution is -2.41. The highest BCUT2D eigenvalue weighted by Crippen LogP contribution is 2.16. The summed E-state index contributed by atoms with van der Waals surface area (Å²) in [4.78, 5) is 0. The Hall–Kier alpha value is 0.0400. The summed E-state index contributed by atoms with van der Waals surface area (Å²) in [7, 11) is 0. The van der Waals surface area contributed by atoms with Crippen molar-refractivity contribution in [2.45, 2.75) is 18.9 Å². The molecule has 0 bridgehead atoms. The number of thiocarbonyl (C=S) groups is 1. The van der Waals surface area contributed by atoms with E-state index in [-0.39, 0.29) is 0 Å². The van der Waals surface area contributed by atoms with Gasteiger partial charge in [-0.3, -0.25) is 0 Å². The van der Waals surface area contributed by atoms with Gasteiger partial charge in [0.25, 0.3) is 0 Å². The minimum atomic E-state index is 0.438. The topological polar surface area (TPSA) is 38.0 Å². The minimum Gasteiger partial charge on any atom is -0.376 e. The predicted octanol–water partition coefficient (Wildman–Crippen LogP) is 0.715. The highest BCUT2D eigenvalue weighted by molar-refractivity contribution is 7.99. The standard InChI is InChI=1S/C6H12N2S2/c7-6(9)8-5-2-1-3-10-4-5/h5H,1-4H2,(H3,7,8,9). The van der Waals surface area contributed by atoms with Gasteiger partial charge in [-0.25, -0.2) is 0 Å². The van der Waals surface area contributed by atoms with Gasteiger partial charge in [0.05, 0.1) is 0 Å². The number of rotatable bonds is 1. The van der Waals surface area contributed by atoms with Gasteiger partial charge in [0.15, 0.2) is 5.11 Å². The average Bonchev–Trinajstić information content (AvgIpc) is 1.88. The van der Waals surface area contributed by atoms with Crippen molar-refractivity contribution in [3.8, 4) is 0 Å². The van der Waals surface area contributed by atoms with Gasteiger partial charge in [0, 0.05) is 11.8 Å². The molecule has 4 heteroatoms. The molecule has 0 aromatic rings. The molecule has 1 saturated heterocycles. The van der Waals surface area contributed by atoms with Crippen LogP contribution in [0, 0.1) is 0 Å². The van der Waals surface area contributed by atoms with E-state index in [2.05, 4.69) is 5.32 Å². The molecule has 2 nitrogen and oxygen atoms in total. The second kappa shape index (κ2) is 4.03. The second-order valence-corrected chi connectivity index (χ2v) is 4.01. The van der Waals surface area contributed by atoms with E-state index in [0.717, 1.165) is 5.75 Å². The van der Waals surface area contributed by atoms with Gasteiger partial charge in [-0.15, -0.1) is 0 Å². The average molecular weight is 176 g/mol. The van der Waals surface area contributed by atoms with Crippen LogP contribution >= 0.6 is 24.0 Å². The van der Waals surface area contributed by atoms with Crippen LogP contribution in [-0.2, 0) is 0 Å². The lowest BCUT2D eigenvalue weighted by Gasteiger charge is -2.22. The van der Waals surface area contributed by atoms with Crippen LogP contribution < -0.4 is 11.1 Å². The zero-order valence-electron chi connectivity index (χ0n) is 5.80. The van der Waals surface area contributed by atoms with Gasteiger partial charge in [-0.2, -0.15) is 11.8 Å². The summed E-state index contributed by atoms with van der Waals surface area (Å²) < 4.78 is 0. The lowest BCUT2D eigenvalue weighted by molar-refractivity contribution is 0.595. The molecule has 3 N–H and O–H groups in total. The smallest absolute Gasteiger partial charge is 0.163 e. The van der Waals surface area contributed by atoms with Crippen LogP contribution in [0.4, 0.5) is 0 Å². The van der Waals surface area contributed by atoms with Crippen molar-refractivity contribution in [1.82, 2.24) is 5.32 Å². The highest BCUT2D eigenvalue weighted by Gasteiger charge is 2.12. The molecular formula is C6H12N2S2. The van der Waals surface area contributed by atoms with Crippen LogP contribution in [0.3, 0.4) is 0 Å². The Morgan fingerprint density at radius 2 is 2.50 bits per heavy atom. The van der Waals surface area contributed by atoms with Crippen LogP contribution in [0.2, 0.25) is 0 Å². The van der Waals surface area contributed by atoms with E-state index in [1.165, 1.54) is 18.6 Å². The van der Waals surface area contributed by atoms with Crippen LogP contribution in [-0.4, -0.2) is 22.7 Å². The fourth-order valence-electron chi connectivity index (χ4n) is 1.06. The maximum Gasteiger partial charge on any atom is 0.163 e. The summed E-state index contributed by atoms with van der Waals surface area (Å²) in [6.45, 7) is 0. The van der Waals surface area contributed by atoms with Gasteiger partial charge in [0.1, 0.15) is 0 Å². The monoisotopic (exact) mass is 176 g/mol. The van der Waals surface area contributed by atoms with Crippen molar-refractivity contribution in [2.24, 2.45) is 5.73 Å². The van der Waals surface area contributed by atoms with Crippen LogP contribution in [0.5, 0.6) is 0 Å². The molecule has 1 heterocycles. The third-order valence-electron chi connectivity index (χ3n) is 1.51. The Bertz CT molecular complexity index is 121. The molecule has 0 spiro atoms. The minimum absolute atomic E-state index is 0.438. The van der Waals surface area contributed by atoms with Crippen LogP contribution in [0.1, 0.15) is 12.8 Å². The number of hydrogen-bond acceptors (Lipinski definition) is 2. The Labute approximate surface area is 70.9 Å². The Kier molecular flexibility index (Phi) is 3.28. The highest BCUT2D eigenvalue weighted by atomic mass is 32.2. The lowest BCUT2D eigenvalue weighted by atomic mass is 10.2. The molecule has 0 saturated carbocycles. The molecule has 1 atom stereocenters. The van der Waals surface area contributed by atoms with Crippen LogP contribution in [0.25, 0.3) is 0 Å². The van der Waals surface area contributed by atoms with E-state index in [4.69, 9.17) is 18.0 Å². The molecule has 1 unspecified atom stereocenters. The molecule has 0 aliphatic carbocycles. The molecule has 10 heavy (non-hydrogen) atoms. The number of nitrogens with two attached hydrogens (primary N) is 1. The summed E-state index contributed by atoms with van der Waals surface area (Å²) in [6.07, 6.45) is 2.50. The van der Waals surface area contributed by atoms with Gasteiger partial charge < -0.3 is 11.1 Å². The zero-order chi connectivity index (χ0) is 7.40. The van der Waals surface area contributed by atoms with E-state index in [0.29, 0.717) is 11.2 Å². The third kappa shape index (κ3) is 2.75. The number of hydrogen-bond donors (Lipinski definition) is 2. The summed E-state index contributed by atoms with van der Waals surface area (Å²) in [5.41, 5.74) is 5.33. The summed E-state index contributed by atoms with van der Waals surface area (Å²) in [5.74, 6) is 2.44. The van der Waals surface area contributed by atoms with Crippen molar-refractivity contribution in [2.75, 3.05) is 11.5 Å². The molecule has 1 aliphatic rings. The molecular weight excluding hydrogens is 164 g/mol. The predicted molar refractivity (Wildman–Crippen MR) is 50.3 cm³/mol. The molecule has 0 aromatic heterocycles. The van der Waals surface area contributed by atoms with Crippen LogP contribution in [0.15, 0.2) is 0 Å². The van der Waals surface area contributed by atoms with Gasteiger partial charge in [-0.05, 0) is 30.8 Å². The molecule has 0 amide bonds. The molecule has 1 aliphatic heterocycles. The van der Waals surface area contributed by atoms with E-state index < -0.39 is 0 Å². The fraction of sp³-hybridized carbons (Fsp3) is 0.833. The molecule has 1 rings (SSSR count). The molecule has 58 valence electrons. The van der Waals surface area contributed by atoms with E-state index >= 15 is 0 Å². The van der Waals surface area contributed by atoms with Crippen molar-refractivity contribution in [3.05, 3.63) is 0 Å². The molecule has 0 aromatic carbocycles. The van der Waals surface area contributed by atoms with Crippen molar-refractivity contribution in [1.29, 1.82) is 0 Å². The number of thioether (sulfide) groups is 1. The van der Waals surface area contributed by atoms with Gasteiger partial charge in [0.2, 0.25) is 0 Å². The normalized spacial score (nSPS) is 25.8. The molecule has 1 fully saturated rings.